The number of carbonyl (C=O) groups is 2. The SMILES string of the molecule is Cc1cc(CNC(=O)N2CCN(CC(=O)O)CC2)sc1C. The number of amides is 2. The van der Waals surface area contributed by atoms with Crippen LogP contribution in [0.4, 0.5) is 4.79 Å². The van der Waals surface area contributed by atoms with Crippen molar-refractivity contribution in [1.29, 1.82) is 0 Å². The lowest BCUT2D eigenvalue weighted by Crippen LogP contribution is -2.52. The Morgan fingerprint density at radius 1 is 1.29 bits per heavy atom. The van der Waals surface area contributed by atoms with Crippen molar-refractivity contribution in [3.05, 3.63) is 21.4 Å². The Bertz CT molecular complexity index is 502. The summed E-state index contributed by atoms with van der Waals surface area (Å²) >= 11 is 1.70. The number of urea groups is 1. The smallest absolute Gasteiger partial charge is 0.317 e. The molecular formula is C14H21N3O3S. The summed E-state index contributed by atoms with van der Waals surface area (Å²) in [5.41, 5.74) is 1.26. The number of aryl methyl sites for hydroxylation is 2. The zero-order valence-electron chi connectivity index (χ0n) is 12.4. The molecule has 0 saturated carbocycles. The quantitative estimate of drug-likeness (QED) is 0.878. The maximum absolute atomic E-state index is 12.1. The number of carboxylic acids is 1. The van der Waals surface area contributed by atoms with E-state index in [0.29, 0.717) is 32.7 Å². The van der Waals surface area contributed by atoms with Gasteiger partial charge in [-0.15, -0.1) is 11.3 Å². The molecule has 0 atom stereocenters. The number of carbonyl (C=O) groups excluding carboxylic acids is 1. The Morgan fingerprint density at radius 2 is 1.95 bits per heavy atom. The number of nitrogens with one attached hydrogen (secondary N) is 1. The highest BCUT2D eigenvalue weighted by atomic mass is 32.1. The predicted molar refractivity (Wildman–Crippen MR) is 81.7 cm³/mol. The second-order valence-corrected chi connectivity index (χ2v) is 6.61. The fourth-order valence-corrected chi connectivity index (χ4v) is 3.30. The number of hydrogen-bond donors (Lipinski definition) is 2. The zero-order chi connectivity index (χ0) is 15.4. The van der Waals surface area contributed by atoms with Crippen LogP contribution in [0.5, 0.6) is 0 Å². The van der Waals surface area contributed by atoms with Gasteiger partial charge in [-0.25, -0.2) is 4.79 Å². The van der Waals surface area contributed by atoms with Gasteiger partial charge in [0.2, 0.25) is 0 Å². The molecule has 21 heavy (non-hydrogen) atoms. The van der Waals surface area contributed by atoms with Gasteiger partial charge < -0.3 is 15.3 Å². The van der Waals surface area contributed by atoms with Crippen LogP contribution in [0.3, 0.4) is 0 Å². The second-order valence-electron chi connectivity index (χ2n) is 5.27. The number of nitrogens with zero attached hydrogens (tertiary/aromatic N) is 2. The van der Waals surface area contributed by atoms with E-state index in [9.17, 15) is 9.59 Å². The van der Waals surface area contributed by atoms with E-state index in [1.54, 1.807) is 16.2 Å². The molecule has 2 amide bonds. The maximum Gasteiger partial charge on any atom is 0.317 e. The van der Waals surface area contributed by atoms with Gasteiger partial charge in [-0.1, -0.05) is 0 Å². The molecule has 1 saturated heterocycles. The van der Waals surface area contributed by atoms with Gasteiger partial charge in [0.05, 0.1) is 13.1 Å². The Labute approximate surface area is 128 Å². The Kier molecular flexibility index (Phi) is 5.19. The van der Waals surface area contributed by atoms with Gasteiger partial charge in [0.25, 0.3) is 0 Å². The van der Waals surface area contributed by atoms with Gasteiger partial charge in [-0.3, -0.25) is 9.69 Å². The van der Waals surface area contributed by atoms with Crippen LogP contribution in [-0.2, 0) is 11.3 Å². The van der Waals surface area contributed by atoms with Gasteiger partial charge in [0.15, 0.2) is 0 Å². The van der Waals surface area contributed by atoms with Crippen LogP contribution < -0.4 is 5.32 Å². The topological polar surface area (TPSA) is 72.9 Å². The molecule has 0 aliphatic carbocycles. The van der Waals surface area contributed by atoms with Crippen LogP contribution in [0, 0.1) is 13.8 Å². The average molecular weight is 311 g/mol. The summed E-state index contributed by atoms with van der Waals surface area (Å²) in [6, 6.07) is 2.03. The van der Waals surface area contributed by atoms with Gasteiger partial charge in [-0.05, 0) is 25.5 Å². The Balaban J connectivity index is 1.76. The first kappa shape index (κ1) is 15.8. The minimum Gasteiger partial charge on any atom is -0.480 e. The summed E-state index contributed by atoms with van der Waals surface area (Å²) in [6.07, 6.45) is 0. The van der Waals surface area contributed by atoms with E-state index in [-0.39, 0.29) is 12.6 Å². The van der Waals surface area contributed by atoms with Crippen LogP contribution in [0.25, 0.3) is 0 Å². The number of carboxylic acid groups (broad SMARTS) is 1. The predicted octanol–water partition coefficient (Wildman–Crippen LogP) is 1.28. The molecule has 0 radical (unpaired) electrons. The highest BCUT2D eigenvalue weighted by molar-refractivity contribution is 7.12. The molecule has 0 spiro atoms. The summed E-state index contributed by atoms with van der Waals surface area (Å²) in [5.74, 6) is -0.823. The molecule has 1 aliphatic rings. The van der Waals surface area contributed by atoms with Crippen molar-refractivity contribution >= 4 is 23.3 Å². The highest BCUT2D eigenvalue weighted by Gasteiger charge is 2.22. The van der Waals surface area contributed by atoms with Crippen LogP contribution in [0.2, 0.25) is 0 Å². The monoisotopic (exact) mass is 311 g/mol. The molecule has 1 aliphatic heterocycles. The lowest BCUT2D eigenvalue weighted by Gasteiger charge is -2.33. The minimum atomic E-state index is -0.823. The van der Waals surface area contributed by atoms with Gasteiger partial charge in [0.1, 0.15) is 0 Å². The van der Waals surface area contributed by atoms with Gasteiger partial charge in [-0.2, -0.15) is 0 Å². The lowest BCUT2D eigenvalue weighted by molar-refractivity contribution is -0.138. The van der Waals surface area contributed by atoms with Crippen molar-refractivity contribution in [2.24, 2.45) is 0 Å². The lowest BCUT2D eigenvalue weighted by atomic mass is 10.3. The van der Waals surface area contributed by atoms with Crippen LogP contribution in [-0.4, -0.2) is 59.6 Å². The molecule has 1 aromatic rings. The minimum absolute atomic E-state index is 0.0448. The first-order valence-electron chi connectivity index (χ1n) is 6.98. The van der Waals surface area contributed by atoms with E-state index in [1.807, 2.05) is 4.90 Å². The largest absolute Gasteiger partial charge is 0.480 e. The Morgan fingerprint density at radius 3 is 2.48 bits per heavy atom. The van der Waals surface area contributed by atoms with Crippen molar-refractivity contribution in [2.75, 3.05) is 32.7 Å². The molecule has 2 rings (SSSR count). The number of piperazine rings is 1. The molecule has 1 aromatic heterocycles. The van der Waals surface area contributed by atoms with E-state index in [4.69, 9.17) is 5.11 Å². The zero-order valence-corrected chi connectivity index (χ0v) is 13.2. The molecule has 7 heteroatoms. The molecule has 0 aromatic carbocycles. The van der Waals surface area contributed by atoms with Crippen LogP contribution in [0.1, 0.15) is 15.3 Å². The molecule has 1 fully saturated rings. The average Bonchev–Trinajstić information content (AvgIpc) is 2.75. The van der Waals surface area contributed by atoms with E-state index in [1.165, 1.54) is 10.4 Å². The third-order valence-corrected chi connectivity index (χ3v) is 4.80. The molecule has 0 bridgehead atoms. The van der Waals surface area contributed by atoms with Crippen LogP contribution >= 0.6 is 11.3 Å². The molecule has 116 valence electrons. The molecule has 2 N–H and O–H groups in total. The van der Waals surface area contributed by atoms with E-state index < -0.39 is 5.97 Å². The maximum atomic E-state index is 12.1. The number of rotatable bonds is 4. The van der Waals surface area contributed by atoms with Crippen molar-refractivity contribution in [2.45, 2.75) is 20.4 Å². The van der Waals surface area contributed by atoms with Gasteiger partial charge in [0, 0.05) is 35.9 Å². The fraction of sp³-hybridized carbons (Fsp3) is 0.571. The van der Waals surface area contributed by atoms with Crippen LogP contribution in [0.15, 0.2) is 6.07 Å². The summed E-state index contributed by atoms with van der Waals surface area (Å²) in [5, 5.41) is 11.7. The van der Waals surface area contributed by atoms with Gasteiger partial charge >= 0.3 is 12.0 Å². The van der Waals surface area contributed by atoms with E-state index in [2.05, 4.69) is 25.2 Å². The normalized spacial score (nSPS) is 16.0. The highest BCUT2D eigenvalue weighted by Crippen LogP contribution is 2.20. The summed E-state index contributed by atoms with van der Waals surface area (Å²) in [4.78, 5) is 28.7. The summed E-state index contributed by atoms with van der Waals surface area (Å²) in [6.45, 7) is 7.10. The number of hydrogen-bond acceptors (Lipinski definition) is 4. The molecule has 6 nitrogen and oxygen atoms in total. The number of thiophene rings is 1. The molecule has 0 unspecified atom stereocenters. The van der Waals surface area contributed by atoms with E-state index in [0.717, 1.165) is 4.88 Å². The molecule has 2 heterocycles. The Hall–Kier alpha value is -1.60. The summed E-state index contributed by atoms with van der Waals surface area (Å²) in [7, 11) is 0. The van der Waals surface area contributed by atoms with Crippen molar-refractivity contribution in [3.8, 4) is 0 Å². The molecular weight excluding hydrogens is 290 g/mol. The third-order valence-electron chi connectivity index (χ3n) is 3.65. The van der Waals surface area contributed by atoms with Crippen molar-refractivity contribution < 1.29 is 14.7 Å². The third kappa shape index (κ3) is 4.44. The van der Waals surface area contributed by atoms with Crippen molar-refractivity contribution in [1.82, 2.24) is 15.1 Å². The number of aliphatic carboxylic acids is 1. The standard InChI is InChI=1S/C14H21N3O3S/c1-10-7-12(21-11(10)2)8-15-14(20)17-5-3-16(4-6-17)9-13(18)19/h7H,3-6,8-9H2,1-2H3,(H,15,20)(H,18,19). The fourth-order valence-electron chi connectivity index (χ4n) is 2.31. The first-order chi connectivity index (χ1) is 9.95. The van der Waals surface area contributed by atoms with Crippen molar-refractivity contribution in [3.63, 3.8) is 0 Å². The first-order valence-corrected chi connectivity index (χ1v) is 7.80. The second kappa shape index (κ2) is 6.91. The van der Waals surface area contributed by atoms with E-state index >= 15 is 0 Å². The summed E-state index contributed by atoms with van der Waals surface area (Å²) < 4.78 is 0.